The Morgan fingerprint density at radius 2 is 1.71 bits per heavy atom. The summed E-state index contributed by atoms with van der Waals surface area (Å²) in [6.07, 6.45) is 2.47. The molecule has 6 nitrogen and oxygen atoms in total. The van der Waals surface area contributed by atoms with Crippen LogP contribution in [0.1, 0.15) is 24.5 Å². The van der Waals surface area contributed by atoms with Crippen molar-refractivity contribution in [3.8, 4) is 0 Å². The van der Waals surface area contributed by atoms with Gasteiger partial charge in [-0.15, -0.1) is 0 Å². The first-order valence-electron chi connectivity index (χ1n) is 8.40. The number of sulfonamides is 1. The third kappa shape index (κ3) is 2.82. The van der Waals surface area contributed by atoms with Gasteiger partial charge >= 0.3 is 0 Å². The zero-order valence-corrected chi connectivity index (χ0v) is 14.6. The molecule has 7 heteroatoms. The van der Waals surface area contributed by atoms with Crippen LogP contribution in [0, 0.1) is 0 Å². The molecule has 4 rings (SSSR count). The SMILES string of the molecule is Cn1nc(C2CC2)cc1N1CCN(S(=O)(=O)c2ccccc2)CC1. The first-order valence-corrected chi connectivity index (χ1v) is 9.84. The van der Waals surface area contributed by atoms with Gasteiger partial charge in [-0.3, -0.25) is 4.68 Å². The second-order valence-corrected chi connectivity index (χ2v) is 8.47. The van der Waals surface area contributed by atoms with E-state index in [1.807, 2.05) is 17.8 Å². The molecule has 1 saturated heterocycles. The van der Waals surface area contributed by atoms with Gasteiger partial charge in [-0.05, 0) is 25.0 Å². The van der Waals surface area contributed by atoms with E-state index in [1.54, 1.807) is 28.6 Å². The number of aryl methyl sites for hydroxylation is 1. The molecule has 1 aromatic carbocycles. The minimum atomic E-state index is -3.39. The van der Waals surface area contributed by atoms with Crippen LogP contribution >= 0.6 is 0 Å². The van der Waals surface area contributed by atoms with Crippen LogP contribution in [-0.4, -0.2) is 48.7 Å². The highest BCUT2D eigenvalue weighted by Crippen LogP contribution is 2.40. The van der Waals surface area contributed by atoms with E-state index in [-0.39, 0.29) is 0 Å². The zero-order valence-electron chi connectivity index (χ0n) is 13.8. The van der Waals surface area contributed by atoms with Crippen molar-refractivity contribution in [2.75, 3.05) is 31.1 Å². The highest BCUT2D eigenvalue weighted by atomic mass is 32.2. The molecule has 0 radical (unpaired) electrons. The second kappa shape index (κ2) is 5.89. The molecule has 1 aromatic heterocycles. The van der Waals surface area contributed by atoms with E-state index in [2.05, 4.69) is 16.1 Å². The Morgan fingerprint density at radius 1 is 1.04 bits per heavy atom. The second-order valence-electron chi connectivity index (χ2n) is 6.53. The summed E-state index contributed by atoms with van der Waals surface area (Å²) < 4.78 is 28.9. The number of anilines is 1. The predicted molar refractivity (Wildman–Crippen MR) is 92.6 cm³/mol. The number of hydrogen-bond donors (Lipinski definition) is 0. The van der Waals surface area contributed by atoms with Crippen molar-refractivity contribution in [2.45, 2.75) is 23.7 Å². The molecule has 1 aliphatic carbocycles. The number of benzene rings is 1. The third-order valence-corrected chi connectivity index (χ3v) is 6.73. The summed E-state index contributed by atoms with van der Waals surface area (Å²) in [5.41, 5.74) is 1.17. The summed E-state index contributed by atoms with van der Waals surface area (Å²) in [5, 5.41) is 4.61. The topological polar surface area (TPSA) is 58.4 Å². The van der Waals surface area contributed by atoms with E-state index in [4.69, 9.17) is 0 Å². The lowest BCUT2D eigenvalue weighted by Crippen LogP contribution is -2.49. The molecular weight excluding hydrogens is 324 g/mol. The molecule has 0 unspecified atom stereocenters. The zero-order chi connectivity index (χ0) is 16.7. The summed E-state index contributed by atoms with van der Waals surface area (Å²) in [5.74, 6) is 1.72. The fourth-order valence-corrected chi connectivity index (χ4v) is 4.70. The lowest BCUT2D eigenvalue weighted by Gasteiger charge is -2.35. The van der Waals surface area contributed by atoms with E-state index in [0.29, 0.717) is 37.0 Å². The molecule has 0 N–H and O–H groups in total. The van der Waals surface area contributed by atoms with Gasteiger partial charge < -0.3 is 4.90 Å². The van der Waals surface area contributed by atoms with Crippen LogP contribution in [0.3, 0.4) is 0 Å². The molecule has 24 heavy (non-hydrogen) atoms. The van der Waals surface area contributed by atoms with Gasteiger partial charge in [-0.2, -0.15) is 9.40 Å². The fourth-order valence-electron chi connectivity index (χ4n) is 3.25. The van der Waals surface area contributed by atoms with Crippen molar-refractivity contribution in [3.05, 3.63) is 42.1 Å². The fraction of sp³-hybridized carbons (Fsp3) is 0.471. The third-order valence-electron chi connectivity index (χ3n) is 4.81. The van der Waals surface area contributed by atoms with Crippen molar-refractivity contribution in [1.29, 1.82) is 0 Å². The van der Waals surface area contributed by atoms with Crippen LogP contribution < -0.4 is 4.90 Å². The largest absolute Gasteiger partial charge is 0.354 e. The van der Waals surface area contributed by atoms with Gasteiger partial charge in [0.2, 0.25) is 10.0 Å². The standard InChI is InChI=1S/C17H22N4O2S/c1-19-17(13-16(18-19)14-7-8-14)20-9-11-21(12-10-20)24(22,23)15-5-3-2-4-6-15/h2-6,13-14H,7-12H2,1H3. The van der Waals surface area contributed by atoms with Crippen LogP contribution in [0.4, 0.5) is 5.82 Å². The predicted octanol–water partition coefficient (Wildman–Crippen LogP) is 1.81. The smallest absolute Gasteiger partial charge is 0.243 e. The summed E-state index contributed by atoms with van der Waals surface area (Å²) in [6.45, 7) is 2.38. The Balaban J connectivity index is 1.47. The lowest BCUT2D eigenvalue weighted by atomic mass is 10.3. The van der Waals surface area contributed by atoms with Crippen LogP contribution in [0.25, 0.3) is 0 Å². The monoisotopic (exact) mass is 346 g/mol. The Bertz CT molecular complexity index is 820. The van der Waals surface area contributed by atoms with Crippen LogP contribution in [0.15, 0.2) is 41.3 Å². The Labute approximate surface area is 142 Å². The lowest BCUT2D eigenvalue weighted by molar-refractivity contribution is 0.382. The van der Waals surface area contributed by atoms with E-state index in [0.717, 1.165) is 5.82 Å². The van der Waals surface area contributed by atoms with E-state index in [1.165, 1.54) is 18.5 Å². The van der Waals surface area contributed by atoms with Gasteiger partial charge in [-0.1, -0.05) is 18.2 Å². The molecule has 2 fully saturated rings. The summed E-state index contributed by atoms with van der Waals surface area (Å²) in [7, 11) is -1.43. The van der Waals surface area contributed by atoms with Gasteiger partial charge in [0, 0.05) is 45.2 Å². The van der Waals surface area contributed by atoms with Crippen molar-refractivity contribution in [2.24, 2.45) is 7.05 Å². The maximum Gasteiger partial charge on any atom is 0.243 e. The molecule has 128 valence electrons. The minimum absolute atomic E-state index is 0.370. The highest BCUT2D eigenvalue weighted by molar-refractivity contribution is 7.89. The van der Waals surface area contributed by atoms with Crippen molar-refractivity contribution in [1.82, 2.24) is 14.1 Å². The quantitative estimate of drug-likeness (QED) is 0.847. The van der Waals surface area contributed by atoms with E-state index >= 15 is 0 Å². The molecule has 1 saturated carbocycles. The molecule has 2 aromatic rings. The van der Waals surface area contributed by atoms with E-state index in [9.17, 15) is 8.42 Å². The maximum atomic E-state index is 12.7. The molecule has 1 aliphatic heterocycles. The summed E-state index contributed by atoms with van der Waals surface area (Å²) >= 11 is 0. The summed E-state index contributed by atoms with van der Waals surface area (Å²) in [4.78, 5) is 2.60. The molecule has 0 bridgehead atoms. The highest BCUT2D eigenvalue weighted by Gasteiger charge is 2.31. The molecule has 0 amide bonds. The maximum absolute atomic E-state index is 12.7. The van der Waals surface area contributed by atoms with Gasteiger partial charge in [-0.25, -0.2) is 8.42 Å². The first-order chi connectivity index (χ1) is 11.6. The molecule has 2 heterocycles. The molecule has 0 spiro atoms. The van der Waals surface area contributed by atoms with Crippen molar-refractivity contribution < 1.29 is 8.42 Å². The minimum Gasteiger partial charge on any atom is -0.354 e. The Hall–Kier alpha value is -1.86. The number of hydrogen-bond acceptors (Lipinski definition) is 4. The van der Waals surface area contributed by atoms with Gasteiger partial charge in [0.1, 0.15) is 5.82 Å². The van der Waals surface area contributed by atoms with Crippen LogP contribution in [0.5, 0.6) is 0 Å². The number of nitrogens with zero attached hydrogens (tertiary/aromatic N) is 4. The number of piperazine rings is 1. The van der Waals surface area contributed by atoms with Crippen LogP contribution in [0.2, 0.25) is 0 Å². The van der Waals surface area contributed by atoms with E-state index < -0.39 is 10.0 Å². The number of aromatic nitrogens is 2. The average Bonchev–Trinajstić information content (AvgIpc) is 3.38. The van der Waals surface area contributed by atoms with Crippen molar-refractivity contribution >= 4 is 15.8 Å². The molecular formula is C17H22N4O2S. The first kappa shape index (κ1) is 15.7. The summed E-state index contributed by atoms with van der Waals surface area (Å²) in [6, 6.07) is 10.8. The van der Waals surface area contributed by atoms with Gasteiger partial charge in [0.25, 0.3) is 0 Å². The number of rotatable bonds is 4. The van der Waals surface area contributed by atoms with Crippen molar-refractivity contribution in [3.63, 3.8) is 0 Å². The van der Waals surface area contributed by atoms with Crippen LogP contribution in [-0.2, 0) is 17.1 Å². The molecule has 0 atom stereocenters. The Morgan fingerprint density at radius 3 is 2.33 bits per heavy atom. The van der Waals surface area contributed by atoms with Gasteiger partial charge in [0.15, 0.2) is 0 Å². The van der Waals surface area contributed by atoms with Gasteiger partial charge in [0.05, 0.1) is 10.6 Å². The Kier molecular flexibility index (Phi) is 3.85. The normalized spacial score (nSPS) is 19.6. The average molecular weight is 346 g/mol. The molecule has 2 aliphatic rings.